The van der Waals surface area contributed by atoms with Crippen LogP contribution in [0.4, 0.5) is 0 Å². The summed E-state index contributed by atoms with van der Waals surface area (Å²) < 4.78 is 2.38. The van der Waals surface area contributed by atoms with E-state index in [1.54, 1.807) is 22.1 Å². The molecule has 2 aromatic rings. The maximum atomic E-state index is 11.9. The average Bonchev–Trinajstić information content (AvgIpc) is 2.70. The molecule has 0 aromatic carbocycles. The van der Waals surface area contributed by atoms with E-state index in [0.29, 0.717) is 10.1 Å². The fraction of sp³-hybridized carbons (Fsp3) is 0.364. The van der Waals surface area contributed by atoms with Crippen LogP contribution in [0.3, 0.4) is 0 Å². The second-order valence-corrected chi connectivity index (χ2v) is 5.82. The summed E-state index contributed by atoms with van der Waals surface area (Å²) in [5, 5.41) is 0. The summed E-state index contributed by atoms with van der Waals surface area (Å²) in [6.07, 6.45) is 2.45. The SMILES string of the molecule is Cc1ncsc1CCn1c(C)ncc(I)c1=O. The van der Waals surface area contributed by atoms with Gasteiger partial charge in [0.2, 0.25) is 0 Å². The Morgan fingerprint density at radius 2 is 2.18 bits per heavy atom. The maximum Gasteiger partial charge on any atom is 0.266 e. The lowest BCUT2D eigenvalue weighted by molar-refractivity contribution is 0.628. The molecule has 0 aliphatic rings. The molecule has 2 rings (SSSR count). The number of thiazole rings is 1. The molecular formula is C11H12IN3OS. The Balaban J connectivity index is 2.23. The number of hydrogen-bond acceptors (Lipinski definition) is 4. The van der Waals surface area contributed by atoms with Crippen LogP contribution in [-0.4, -0.2) is 14.5 Å². The monoisotopic (exact) mass is 361 g/mol. The smallest absolute Gasteiger partial charge is 0.266 e. The topological polar surface area (TPSA) is 47.8 Å². The standard InChI is InChI=1S/C11H12IN3OS/c1-7-10(17-6-14-7)3-4-15-8(2)13-5-9(12)11(15)16/h5-6H,3-4H2,1-2H3. The third-order valence-corrected chi connectivity index (χ3v) is 4.35. The fourth-order valence-electron chi connectivity index (χ4n) is 1.59. The largest absolute Gasteiger partial charge is 0.296 e. The van der Waals surface area contributed by atoms with Crippen LogP contribution in [0.25, 0.3) is 0 Å². The van der Waals surface area contributed by atoms with Gasteiger partial charge in [-0.3, -0.25) is 9.36 Å². The summed E-state index contributed by atoms with van der Waals surface area (Å²) in [4.78, 5) is 21.6. The molecule has 90 valence electrons. The lowest BCUT2D eigenvalue weighted by Crippen LogP contribution is -2.26. The Hall–Kier alpha value is -0.760. The van der Waals surface area contributed by atoms with Gasteiger partial charge in [0.05, 0.1) is 14.8 Å². The van der Waals surface area contributed by atoms with Gasteiger partial charge < -0.3 is 0 Å². The highest BCUT2D eigenvalue weighted by molar-refractivity contribution is 14.1. The highest BCUT2D eigenvalue weighted by Crippen LogP contribution is 2.13. The van der Waals surface area contributed by atoms with E-state index in [0.717, 1.165) is 17.9 Å². The van der Waals surface area contributed by atoms with Crippen molar-refractivity contribution in [2.24, 2.45) is 0 Å². The van der Waals surface area contributed by atoms with Crippen molar-refractivity contribution in [3.63, 3.8) is 0 Å². The molecule has 0 spiro atoms. The van der Waals surface area contributed by atoms with Crippen molar-refractivity contribution < 1.29 is 0 Å². The van der Waals surface area contributed by atoms with E-state index < -0.39 is 0 Å². The number of rotatable bonds is 3. The quantitative estimate of drug-likeness (QED) is 0.788. The number of aryl methyl sites for hydroxylation is 3. The molecule has 0 aliphatic heterocycles. The van der Waals surface area contributed by atoms with Crippen LogP contribution in [-0.2, 0) is 13.0 Å². The third kappa shape index (κ3) is 2.74. The fourth-order valence-corrected chi connectivity index (χ4v) is 2.79. The summed E-state index contributed by atoms with van der Waals surface area (Å²) in [5.74, 6) is 0.762. The Morgan fingerprint density at radius 3 is 2.82 bits per heavy atom. The van der Waals surface area contributed by atoms with Crippen LogP contribution >= 0.6 is 33.9 Å². The van der Waals surface area contributed by atoms with Gasteiger partial charge in [-0.2, -0.15) is 0 Å². The molecule has 0 saturated carbocycles. The second kappa shape index (κ2) is 5.26. The first-order chi connectivity index (χ1) is 8.09. The number of hydrogen-bond donors (Lipinski definition) is 0. The minimum Gasteiger partial charge on any atom is -0.296 e. The van der Waals surface area contributed by atoms with E-state index >= 15 is 0 Å². The van der Waals surface area contributed by atoms with Crippen LogP contribution in [0, 0.1) is 17.4 Å². The summed E-state index contributed by atoms with van der Waals surface area (Å²) in [7, 11) is 0. The molecule has 0 fully saturated rings. The zero-order valence-corrected chi connectivity index (χ0v) is 12.6. The normalized spacial score (nSPS) is 10.8. The molecule has 6 heteroatoms. The van der Waals surface area contributed by atoms with Gasteiger partial charge >= 0.3 is 0 Å². The van der Waals surface area contributed by atoms with Gasteiger partial charge in [-0.05, 0) is 36.4 Å². The van der Waals surface area contributed by atoms with Crippen molar-refractivity contribution >= 4 is 33.9 Å². The predicted octanol–water partition coefficient (Wildman–Crippen LogP) is 2.16. The molecule has 2 heterocycles. The van der Waals surface area contributed by atoms with Gasteiger partial charge in [0.15, 0.2) is 0 Å². The van der Waals surface area contributed by atoms with Crippen molar-refractivity contribution in [1.82, 2.24) is 14.5 Å². The van der Waals surface area contributed by atoms with Gasteiger partial charge in [0.25, 0.3) is 5.56 Å². The van der Waals surface area contributed by atoms with E-state index in [9.17, 15) is 4.79 Å². The van der Waals surface area contributed by atoms with Crippen LogP contribution in [0.1, 0.15) is 16.4 Å². The van der Waals surface area contributed by atoms with Crippen molar-refractivity contribution in [3.8, 4) is 0 Å². The first kappa shape index (κ1) is 12.7. The second-order valence-electron chi connectivity index (χ2n) is 3.72. The first-order valence-electron chi connectivity index (χ1n) is 5.20. The van der Waals surface area contributed by atoms with Gasteiger partial charge in [-0.15, -0.1) is 11.3 Å². The van der Waals surface area contributed by atoms with E-state index in [4.69, 9.17) is 0 Å². The number of aromatic nitrogens is 3. The molecule has 0 bridgehead atoms. The van der Waals surface area contributed by atoms with Crippen LogP contribution in [0.15, 0.2) is 16.5 Å². The van der Waals surface area contributed by atoms with Crippen LogP contribution in [0.5, 0.6) is 0 Å². The number of halogens is 1. The van der Waals surface area contributed by atoms with Gasteiger partial charge in [0.1, 0.15) is 5.82 Å². The van der Waals surface area contributed by atoms with Crippen LogP contribution in [0.2, 0.25) is 0 Å². The molecule has 4 nitrogen and oxygen atoms in total. The molecule has 0 unspecified atom stereocenters. The van der Waals surface area contributed by atoms with Gasteiger partial charge in [-0.25, -0.2) is 9.97 Å². The Morgan fingerprint density at radius 1 is 1.41 bits per heavy atom. The van der Waals surface area contributed by atoms with Crippen LogP contribution < -0.4 is 5.56 Å². The minimum atomic E-state index is 0.0419. The lowest BCUT2D eigenvalue weighted by atomic mass is 10.3. The molecule has 0 amide bonds. The van der Waals surface area contributed by atoms with Crippen molar-refractivity contribution in [2.45, 2.75) is 26.8 Å². The zero-order valence-electron chi connectivity index (χ0n) is 9.61. The molecule has 0 N–H and O–H groups in total. The van der Waals surface area contributed by atoms with E-state index in [2.05, 4.69) is 9.97 Å². The highest BCUT2D eigenvalue weighted by Gasteiger charge is 2.07. The van der Waals surface area contributed by atoms with E-state index in [1.807, 2.05) is 41.9 Å². The van der Waals surface area contributed by atoms with E-state index in [1.165, 1.54) is 4.88 Å². The molecule has 2 aromatic heterocycles. The minimum absolute atomic E-state index is 0.0419. The Bertz CT molecular complexity index is 591. The van der Waals surface area contributed by atoms with Gasteiger partial charge in [0, 0.05) is 24.0 Å². The molecular weight excluding hydrogens is 349 g/mol. The van der Waals surface area contributed by atoms with Crippen molar-refractivity contribution in [2.75, 3.05) is 0 Å². The average molecular weight is 361 g/mol. The lowest BCUT2D eigenvalue weighted by Gasteiger charge is -2.08. The molecule has 0 radical (unpaired) electrons. The highest BCUT2D eigenvalue weighted by atomic mass is 127. The number of nitrogens with zero attached hydrogens (tertiary/aromatic N) is 3. The molecule has 0 atom stereocenters. The summed E-state index contributed by atoms with van der Waals surface area (Å²) in [6, 6.07) is 0. The van der Waals surface area contributed by atoms with E-state index in [-0.39, 0.29) is 5.56 Å². The Labute approximate surface area is 117 Å². The summed E-state index contributed by atoms with van der Waals surface area (Å²) >= 11 is 3.66. The summed E-state index contributed by atoms with van der Waals surface area (Å²) in [6.45, 7) is 4.52. The first-order valence-corrected chi connectivity index (χ1v) is 7.16. The zero-order chi connectivity index (χ0) is 12.4. The predicted molar refractivity (Wildman–Crippen MR) is 76.5 cm³/mol. The Kier molecular flexibility index (Phi) is 3.93. The third-order valence-electron chi connectivity index (χ3n) is 2.61. The molecule has 0 saturated heterocycles. The molecule has 0 aliphatic carbocycles. The molecule has 17 heavy (non-hydrogen) atoms. The van der Waals surface area contributed by atoms with Crippen molar-refractivity contribution in [1.29, 1.82) is 0 Å². The van der Waals surface area contributed by atoms with Crippen molar-refractivity contribution in [3.05, 3.63) is 42.0 Å². The summed E-state index contributed by atoms with van der Waals surface area (Å²) in [5.41, 5.74) is 2.94. The van der Waals surface area contributed by atoms with Gasteiger partial charge in [-0.1, -0.05) is 0 Å². The maximum absolute atomic E-state index is 11.9.